The Morgan fingerprint density at radius 3 is 2.93 bits per heavy atom. The van der Waals surface area contributed by atoms with Gasteiger partial charge in [-0.05, 0) is 47.1 Å². The Morgan fingerprint density at radius 1 is 1.34 bits per heavy atom. The molecule has 0 spiro atoms. The molecule has 1 aromatic carbocycles. The van der Waals surface area contributed by atoms with Crippen LogP contribution in [0.25, 0.3) is 27.5 Å². The van der Waals surface area contributed by atoms with Crippen molar-refractivity contribution < 1.29 is 9.18 Å². The number of aromatic nitrogens is 2. The van der Waals surface area contributed by atoms with E-state index in [0.29, 0.717) is 46.1 Å². The van der Waals surface area contributed by atoms with Gasteiger partial charge < -0.3 is 11.1 Å². The van der Waals surface area contributed by atoms with Gasteiger partial charge in [0.05, 0.1) is 23.6 Å². The Morgan fingerprint density at radius 2 is 2.17 bits per heavy atom. The van der Waals surface area contributed by atoms with E-state index in [1.165, 1.54) is 6.20 Å². The third kappa shape index (κ3) is 2.57. The van der Waals surface area contributed by atoms with Crippen LogP contribution in [-0.4, -0.2) is 15.9 Å². The highest BCUT2D eigenvalue weighted by Crippen LogP contribution is 2.46. The van der Waals surface area contributed by atoms with E-state index >= 15 is 4.39 Å². The van der Waals surface area contributed by atoms with Gasteiger partial charge in [-0.3, -0.25) is 9.78 Å². The topological polar surface area (TPSA) is 105 Å². The third-order valence-corrected chi connectivity index (χ3v) is 5.65. The summed E-state index contributed by atoms with van der Waals surface area (Å²) in [6.45, 7) is 4.15. The molecule has 142 valence electrons. The molecule has 5 rings (SSSR count). The number of pyridine rings is 2. The van der Waals surface area contributed by atoms with Crippen molar-refractivity contribution in [1.29, 1.82) is 5.26 Å². The maximum Gasteiger partial charge on any atom is 0.230 e. The summed E-state index contributed by atoms with van der Waals surface area (Å²) in [4.78, 5) is 20.7. The first-order valence-electron chi connectivity index (χ1n) is 9.22. The van der Waals surface area contributed by atoms with Gasteiger partial charge in [0, 0.05) is 35.1 Å². The maximum absolute atomic E-state index is 15.3. The quantitative estimate of drug-likeness (QED) is 0.655. The summed E-state index contributed by atoms with van der Waals surface area (Å²) >= 11 is 0. The van der Waals surface area contributed by atoms with Crippen LogP contribution in [0.15, 0.2) is 37.3 Å². The summed E-state index contributed by atoms with van der Waals surface area (Å²) in [5, 5.41) is 12.8. The first-order chi connectivity index (χ1) is 14.0. The Balaban J connectivity index is 1.68. The van der Waals surface area contributed by atoms with Gasteiger partial charge in [-0.25, -0.2) is 9.37 Å². The normalized spacial score (nSPS) is 19.2. The van der Waals surface area contributed by atoms with Crippen LogP contribution in [0.2, 0.25) is 0 Å². The van der Waals surface area contributed by atoms with Gasteiger partial charge in [0.2, 0.25) is 5.91 Å². The first kappa shape index (κ1) is 17.3. The van der Waals surface area contributed by atoms with Crippen molar-refractivity contribution in [2.45, 2.75) is 12.8 Å². The summed E-state index contributed by atoms with van der Waals surface area (Å²) < 4.78 is 15.3. The molecule has 3 aromatic rings. The number of hydrogen-bond donors (Lipinski definition) is 2. The van der Waals surface area contributed by atoms with Crippen molar-refractivity contribution >= 4 is 33.8 Å². The average Bonchev–Trinajstić information content (AvgIpc) is 3.51. The van der Waals surface area contributed by atoms with E-state index in [0.717, 1.165) is 11.1 Å². The largest absolute Gasteiger partial charge is 0.396 e. The van der Waals surface area contributed by atoms with E-state index in [2.05, 4.69) is 27.9 Å². The van der Waals surface area contributed by atoms with Crippen LogP contribution < -0.4 is 11.1 Å². The first-order valence-corrected chi connectivity index (χ1v) is 9.22. The molecule has 1 fully saturated rings. The molecule has 0 bridgehead atoms. The molecular formula is C22H16FN5O. The molecule has 2 aromatic heterocycles. The number of nitriles is 1. The molecule has 2 aliphatic carbocycles. The Bertz CT molecular complexity index is 1280. The lowest BCUT2D eigenvalue weighted by Crippen LogP contribution is -2.16. The van der Waals surface area contributed by atoms with E-state index in [-0.39, 0.29) is 23.4 Å². The Kier molecular flexibility index (Phi) is 3.65. The highest BCUT2D eigenvalue weighted by Gasteiger charge is 2.43. The Labute approximate surface area is 165 Å². The molecule has 0 aliphatic heterocycles. The van der Waals surface area contributed by atoms with Gasteiger partial charge >= 0.3 is 0 Å². The van der Waals surface area contributed by atoms with E-state index in [4.69, 9.17) is 11.0 Å². The number of anilines is 2. The molecule has 0 saturated heterocycles. The summed E-state index contributed by atoms with van der Waals surface area (Å²) in [5.41, 5.74) is 9.53. The summed E-state index contributed by atoms with van der Waals surface area (Å²) in [6, 6.07) is 5.64. The molecule has 0 radical (unpaired) electrons. The SMILES string of the molecule is C=C1Cc2ccncc2-c2c(F)c(N)c3cnc(NC(=O)C4CC4C#N)cc3c21. The zero-order valence-electron chi connectivity index (χ0n) is 15.4. The van der Waals surface area contributed by atoms with Gasteiger partial charge in [0.25, 0.3) is 0 Å². The standard InChI is InChI=1S/C22H16FN5O/c1-10-4-11-2-3-26-8-15(11)19-18(10)14-6-17(27-9-16(14)21(25)20(19)23)28-22(29)13-5-12(13)7-24/h2-3,6,8-9,12-13H,1,4-5,25H2,(H,27,28,29). The lowest BCUT2D eigenvalue weighted by molar-refractivity contribution is -0.117. The van der Waals surface area contributed by atoms with Gasteiger partial charge in [0.1, 0.15) is 5.82 Å². The predicted molar refractivity (Wildman–Crippen MR) is 108 cm³/mol. The number of carbonyl (C=O) groups is 1. The minimum Gasteiger partial charge on any atom is -0.396 e. The maximum atomic E-state index is 15.3. The van der Waals surface area contributed by atoms with Crippen LogP contribution >= 0.6 is 0 Å². The molecule has 1 saturated carbocycles. The predicted octanol–water partition coefficient (Wildman–Crippen LogP) is 3.69. The molecule has 3 N–H and O–H groups in total. The molecule has 29 heavy (non-hydrogen) atoms. The van der Waals surface area contributed by atoms with Crippen molar-refractivity contribution in [1.82, 2.24) is 9.97 Å². The second-order valence-corrected chi connectivity index (χ2v) is 7.47. The molecule has 2 unspecified atom stereocenters. The van der Waals surface area contributed by atoms with Crippen LogP contribution in [-0.2, 0) is 11.2 Å². The average molecular weight is 385 g/mol. The van der Waals surface area contributed by atoms with Crippen LogP contribution in [0.4, 0.5) is 15.9 Å². The number of nitrogen functional groups attached to an aromatic ring is 1. The number of nitrogens with one attached hydrogen (secondary N) is 1. The lowest BCUT2D eigenvalue weighted by Gasteiger charge is -2.25. The van der Waals surface area contributed by atoms with Crippen molar-refractivity contribution in [2.24, 2.45) is 11.8 Å². The van der Waals surface area contributed by atoms with E-state index in [1.807, 2.05) is 6.07 Å². The van der Waals surface area contributed by atoms with E-state index in [9.17, 15) is 4.79 Å². The van der Waals surface area contributed by atoms with Gasteiger partial charge in [-0.15, -0.1) is 0 Å². The molecule has 2 heterocycles. The highest BCUT2D eigenvalue weighted by molar-refractivity contribution is 6.09. The second-order valence-electron chi connectivity index (χ2n) is 7.47. The van der Waals surface area contributed by atoms with Gasteiger partial charge in [-0.2, -0.15) is 5.26 Å². The van der Waals surface area contributed by atoms with Crippen molar-refractivity contribution in [2.75, 3.05) is 11.1 Å². The van der Waals surface area contributed by atoms with Crippen LogP contribution in [0.3, 0.4) is 0 Å². The number of allylic oxidation sites excluding steroid dienone is 1. The van der Waals surface area contributed by atoms with Crippen LogP contribution in [0.1, 0.15) is 17.5 Å². The summed E-state index contributed by atoms with van der Waals surface area (Å²) in [7, 11) is 0. The number of nitrogens with zero attached hydrogens (tertiary/aromatic N) is 3. The van der Waals surface area contributed by atoms with Gasteiger partial charge in [0.15, 0.2) is 5.82 Å². The minimum atomic E-state index is -0.518. The molecule has 2 aliphatic rings. The van der Waals surface area contributed by atoms with E-state index < -0.39 is 5.82 Å². The fourth-order valence-electron chi connectivity index (χ4n) is 4.03. The van der Waals surface area contributed by atoms with E-state index in [1.54, 1.807) is 18.5 Å². The summed E-state index contributed by atoms with van der Waals surface area (Å²) in [5.74, 6) is -0.963. The summed E-state index contributed by atoms with van der Waals surface area (Å²) in [6.07, 6.45) is 5.89. The van der Waals surface area contributed by atoms with Crippen molar-refractivity contribution in [3.8, 4) is 17.2 Å². The smallest absolute Gasteiger partial charge is 0.230 e. The zero-order chi connectivity index (χ0) is 20.3. The fourth-order valence-corrected chi connectivity index (χ4v) is 4.03. The monoisotopic (exact) mass is 385 g/mol. The third-order valence-electron chi connectivity index (χ3n) is 5.65. The fraction of sp³-hybridized carbons (Fsp3) is 0.182. The van der Waals surface area contributed by atoms with Gasteiger partial charge in [-0.1, -0.05) is 6.58 Å². The molecule has 6 nitrogen and oxygen atoms in total. The zero-order valence-corrected chi connectivity index (χ0v) is 15.4. The second kappa shape index (κ2) is 6.11. The van der Waals surface area contributed by atoms with Crippen LogP contribution in [0, 0.1) is 29.0 Å². The molecule has 7 heteroatoms. The highest BCUT2D eigenvalue weighted by atomic mass is 19.1. The number of nitrogens with two attached hydrogens (primary N) is 1. The number of rotatable bonds is 2. The lowest BCUT2D eigenvalue weighted by atomic mass is 9.81. The number of carbonyl (C=O) groups excluding carboxylic acids is 1. The van der Waals surface area contributed by atoms with Crippen molar-refractivity contribution in [3.05, 3.63) is 54.2 Å². The number of fused-ring (bicyclic) bond motifs is 5. The van der Waals surface area contributed by atoms with Crippen LogP contribution in [0.5, 0.6) is 0 Å². The van der Waals surface area contributed by atoms with Crippen molar-refractivity contribution in [3.63, 3.8) is 0 Å². The minimum absolute atomic E-state index is 0.000340. The number of hydrogen-bond acceptors (Lipinski definition) is 5. The Hall–Kier alpha value is -3.79. The number of amides is 1. The molecule has 2 atom stereocenters. The molecular weight excluding hydrogens is 369 g/mol. The number of benzene rings is 1. The number of halogens is 1. The molecule has 1 amide bonds.